The third kappa shape index (κ3) is 5.57. The maximum atomic E-state index is 13.8. The van der Waals surface area contributed by atoms with Crippen molar-refractivity contribution < 1.29 is 13.9 Å². The van der Waals surface area contributed by atoms with E-state index in [1.165, 1.54) is 6.07 Å². The van der Waals surface area contributed by atoms with Crippen LogP contribution in [0.2, 0.25) is 0 Å². The van der Waals surface area contributed by atoms with Gasteiger partial charge >= 0.3 is 0 Å². The molecule has 0 radical (unpaired) electrons. The van der Waals surface area contributed by atoms with E-state index in [1.807, 2.05) is 27.7 Å². The number of rotatable bonds is 6. The summed E-state index contributed by atoms with van der Waals surface area (Å²) in [5, 5.41) is 3.01. The van der Waals surface area contributed by atoms with E-state index in [0.29, 0.717) is 24.5 Å². The Morgan fingerprint density at radius 1 is 1.26 bits per heavy atom. The van der Waals surface area contributed by atoms with Gasteiger partial charge in [-0.15, -0.1) is 0 Å². The second-order valence-corrected chi connectivity index (χ2v) is 5.50. The van der Waals surface area contributed by atoms with E-state index in [-0.39, 0.29) is 17.5 Å². The highest BCUT2D eigenvalue weighted by atomic mass is 19.1. The van der Waals surface area contributed by atoms with Gasteiger partial charge in [0.1, 0.15) is 18.2 Å². The molecule has 1 aromatic rings. The van der Waals surface area contributed by atoms with Gasteiger partial charge in [-0.25, -0.2) is 4.39 Å². The standard InChI is InChI=1S/C15H24FNO2/c1-11(17-5)13-7-6-12(10-14(13)16)18-8-9-19-15(2,3)4/h6-7,10-11,17H,8-9H2,1-5H3. The van der Waals surface area contributed by atoms with Crippen molar-refractivity contribution in [3.8, 4) is 5.75 Å². The van der Waals surface area contributed by atoms with Crippen LogP contribution in [0.25, 0.3) is 0 Å². The van der Waals surface area contributed by atoms with Gasteiger partial charge in [0.25, 0.3) is 0 Å². The third-order valence-corrected chi connectivity index (χ3v) is 2.76. The monoisotopic (exact) mass is 269 g/mol. The molecule has 1 unspecified atom stereocenters. The van der Waals surface area contributed by atoms with Gasteiger partial charge in [-0.1, -0.05) is 6.07 Å². The lowest BCUT2D eigenvalue weighted by atomic mass is 10.1. The molecule has 1 N–H and O–H groups in total. The molecular formula is C15H24FNO2. The average molecular weight is 269 g/mol. The van der Waals surface area contributed by atoms with Crippen LogP contribution in [0.3, 0.4) is 0 Å². The van der Waals surface area contributed by atoms with E-state index in [2.05, 4.69) is 5.32 Å². The molecule has 1 aromatic carbocycles. The molecule has 0 aromatic heterocycles. The summed E-state index contributed by atoms with van der Waals surface area (Å²) < 4.78 is 24.8. The quantitative estimate of drug-likeness (QED) is 0.804. The Morgan fingerprint density at radius 2 is 1.95 bits per heavy atom. The third-order valence-electron chi connectivity index (χ3n) is 2.76. The first kappa shape index (κ1) is 15.9. The lowest BCUT2D eigenvalue weighted by Crippen LogP contribution is -2.22. The second-order valence-electron chi connectivity index (χ2n) is 5.50. The number of hydrogen-bond donors (Lipinski definition) is 1. The largest absolute Gasteiger partial charge is 0.491 e. The predicted molar refractivity (Wildman–Crippen MR) is 75.1 cm³/mol. The van der Waals surface area contributed by atoms with E-state index in [0.717, 1.165) is 0 Å². The summed E-state index contributed by atoms with van der Waals surface area (Å²) in [5.74, 6) is 0.276. The van der Waals surface area contributed by atoms with Gasteiger partial charge in [0.2, 0.25) is 0 Å². The summed E-state index contributed by atoms with van der Waals surface area (Å²) >= 11 is 0. The molecule has 19 heavy (non-hydrogen) atoms. The van der Waals surface area contributed by atoms with E-state index in [4.69, 9.17) is 9.47 Å². The molecule has 0 amide bonds. The molecule has 3 nitrogen and oxygen atoms in total. The van der Waals surface area contributed by atoms with Crippen molar-refractivity contribution in [3.63, 3.8) is 0 Å². The maximum absolute atomic E-state index is 13.8. The highest BCUT2D eigenvalue weighted by Crippen LogP contribution is 2.21. The van der Waals surface area contributed by atoms with Crippen molar-refractivity contribution in [3.05, 3.63) is 29.6 Å². The molecule has 4 heteroatoms. The second kappa shape index (κ2) is 6.87. The van der Waals surface area contributed by atoms with Crippen molar-refractivity contribution in [1.82, 2.24) is 5.32 Å². The normalized spacial score (nSPS) is 13.4. The summed E-state index contributed by atoms with van der Waals surface area (Å²) in [6.45, 7) is 8.77. The Labute approximate surface area is 115 Å². The Balaban J connectivity index is 2.50. The van der Waals surface area contributed by atoms with E-state index in [1.54, 1.807) is 19.2 Å². The molecule has 108 valence electrons. The Morgan fingerprint density at radius 3 is 2.47 bits per heavy atom. The van der Waals surface area contributed by atoms with E-state index < -0.39 is 0 Å². The zero-order chi connectivity index (χ0) is 14.5. The van der Waals surface area contributed by atoms with Gasteiger partial charge in [0.15, 0.2) is 0 Å². The molecule has 0 saturated carbocycles. The fourth-order valence-electron chi connectivity index (χ4n) is 1.61. The molecule has 0 aliphatic heterocycles. The average Bonchev–Trinajstić information content (AvgIpc) is 2.33. The summed E-state index contributed by atoms with van der Waals surface area (Å²) in [6.07, 6.45) is 0. The van der Waals surface area contributed by atoms with Crippen molar-refractivity contribution in [1.29, 1.82) is 0 Å². The van der Waals surface area contributed by atoms with Crippen LogP contribution in [0.5, 0.6) is 5.75 Å². The van der Waals surface area contributed by atoms with Gasteiger partial charge in [-0.05, 0) is 40.8 Å². The summed E-state index contributed by atoms with van der Waals surface area (Å²) in [6, 6.07) is 4.93. The van der Waals surface area contributed by atoms with Crippen LogP contribution in [0, 0.1) is 5.82 Å². The highest BCUT2D eigenvalue weighted by Gasteiger charge is 2.11. The first-order chi connectivity index (χ1) is 8.83. The van der Waals surface area contributed by atoms with Crippen LogP contribution >= 0.6 is 0 Å². The zero-order valence-electron chi connectivity index (χ0n) is 12.4. The first-order valence-electron chi connectivity index (χ1n) is 6.57. The van der Waals surface area contributed by atoms with Gasteiger partial charge < -0.3 is 14.8 Å². The fourth-order valence-corrected chi connectivity index (χ4v) is 1.61. The lowest BCUT2D eigenvalue weighted by molar-refractivity contribution is -0.0163. The lowest BCUT2D eigenvalue weighted by Gasteiger charge is -2.19. The van der Waals surface area contributed by atoms with E-state index >= 15 is 0 Å². The number of benzene rings is 1. The topological polar surface area (TPSA) is 30.5 Å². The van der Waals surface area contributed by atoms with Crippen LogP contribution in [0.15, 0.2) is 18.2 Å². The van der Waals surface area contributed by atoms with Crippen molar-refractivity contribution >= 4 is 0 Å². The van der Waals surface area contributed by atoms with Crippen molar-refractivity contribution in [2.24, 2.45) is 0 Å². The number of ether oxygens (including phenoxy) is 2. The minimum Gasteiger partial charge on any atom is -0.491 e. The molecule has 1 rings (SSSR count). The molecule has 0 bridgehead atoms. The molecule has 0 aliphatic carbocycles. The Bertz CT molecular complexity index is 402. The fraction of sp³-hybridized carbons (Fsp3) is 0.600. The molecule has 0 saturated heterocycles. The predicted octanol–water partition coefficient (Wildman–Crippen LogP) is 3.30. The molecule has 1 atom stereocenters. The maximum Gasteiger partial charge on any atom is 0.131 e. The summed E-state index contributed by atoms with van der Waals surface area (Å²) in [4.78, 5) is 0. The Hall–Kier alpha value is -1.13. The molecular weight excluding hydrogens is 245 g/mol. The van der Waals surface area contributed by atoms with Crippen LogP contribution in [0.1, 0.15) is 39.3 Å². The van der Waals surface area contributed by atoms with Gasteiger partial charge in [0, 0.05) is 17.7 Å². The number of hydrogen-bond acceptors (Lipinski definition) is 3. The number of nitrogens with one attached hydrogen (secondary N) is 1. The molecule has 0 aliphatic rings. The molecule has 0 heterocycles. The van der Waals surface area contributed by atoms with Crippen molar-refractivity contribution in [2.75, 3.05) is 20.3 Å². The minimum atomic E-state index is -0.254. The van der Waals surface area contributed by atoms with Crippen LogP contribution in [-0.4, -0.2) is 25.9 Å². The SMILES string of the molecule is CNC(C)c1ccc(OCCOC(C)(C)C)cc1F. The summed E-state index contributed by atoms with van der Waals surface area (Å²) in [7, 11) is 1.80. The first-order valence-corrected chi connectivity index (χ1v) is 6.57. The van der Waals surface area contributed by atoms with Gasteiger partial charge in [-0.2, -0.15) is 0 Å². The van der Waals surface area contributed by atoms with Crippen molar-refractivity contribution in [2.45, 2.75) is 39.3 Å². The van der Waals surface area contributed by atoms with Crippen LogP contribution in [-0.2, 0) is 4.74 Å². The van der Waals surface area contributed by atoms with Gasteiger partial charge in [-0.3, -0.25) is 0 Å². The highest BCUT2D eigenvalue weighted by molar-refractivity contribution is 5.30. The molecule has 0 spiro atoms. The minimum absolute atomic E-state index is 0.0155. The molecule has 0 fully saturated rings. The van der Waals surface area contributed by atoms with Crippen LogP contribution in [0.4, 0.5) is 4.39 Å². The zero-order valence-corrected chi connectivity index (χ0v) is 12.4. The van der Waals surface area contributed by atoms with Gasteiger partial charge in [0.05, 0.1) is 12.2 Å². The number of halogens is 1. The smallest absolute Gasteiger partial charge is 0.131 e. The van der Waals surface area contributed by atoms with E-state index in [9.17, 15) is 4.39 Å². The summed E-state index contributed by atoms with van der Waals surface area (Å²) in [5.41, 5.74) is 0.460. The Kier molecular flexibility index (Phi) is 5.76. The van der Waals surface area contributed by atoms with Crippen LogP contribution < -0.4 is 10.1 Å².